The Morgan fingerprint density at radius 2 is 1.61 bits per heavy atom. The molecule has 1 amide bonds. The number of amides is 1. The molecule has 0 aliphatic heterocycles. The lowest BCUT2D eigenvalue weighted by atomic mass is 9.84. The Bertz CT molecular complexity index is 874. The van der Waals surface area contributed by atoms with E-state index in [0.29, 0.717) is 5.92 Å². The summed E-state index contributed by atoms with van der Waals surface area (Å²) in [5.74, 6) is 0.0155. The van der Waals surface area contributed by atoms with E-state index >= 15 is 0 Å². The van der Waals surface area contributed by atoms with Crippen LogP contribution in [0.25, 0.3) is 0 Å². The summed E-state index contributed by atoms with van der Waals surface area (Å²) in [6.07, 6.45) is 6.10. The van der Waals surface area contributed by atoms with E-state index in [1.165, 1.54) is 42.0 Å². The van der Waals surface area contributed by atoms with Gasteiger partial charge in [0.15, 0.2) is 0 Å². The van der Waals surface area contributed by atoms with Crippen molar-refractivity contribution in [3.63, 3.8) is 0 Å². The van der Waals surface area contributed by atoms with Crippen molar-refractivity contribution in [1.29, 1.82) is 0 Å². The molecule has 2 N–H and O–H groups in total. The molecule has 28 heavy (non-hydrogen) atoms. The topological polar surface area (TPSA) is 80.5 Å². The molecule has 1 aliphatic carbocycles. The minimum Gasteiger partial charge on any atom is -0.370 e. The molecule has 0 radical (unpaired) electrons. The average Bonchev–Trinajstić information content (AvgIpc) is 2.72. The highest BCUT2D eigenvalue weighted by Gasteiger charge is 2.25. The molecule has 0 saturated heterocycles. The van der Waals surface area contributed by atoms with E-state index in [4.69, 9.17) is 5.73 Å². The molecule has 0 atom stereocenters. The van der Waals surface area contributed by atoms with Crippen LogP contribution < -0.4 is 5.73 Å². The molecule has 0 unspecified atom stereocenters. The molecular formula is C22H28N2O3S. The quantitative estimate of drug-likeness (QED) is 0.732. The van der Waals surface area contributed by atoms with Crippen molar-refractivity contribution >= 4 is 15.9 Å². The summed E-state index contributed by atoms with van der Waals surface area (Å²) in [5.41, 5.74) is 7.34. The van der Waals surface area contributed by atoms with Crippen LogP contribution in [-0.2, 0) is 21.4 Å². The summed E-state index contributed by atoms with van der Waals surface area (Å²) in [5, 5.41) is 0. The van der Waals surface area contributed by atoms with Crippen molar-refractivity contribution < 1.29 is 13.2 Å². The van der Waals surface area contributed by atoms with Crippen LogP contribution in [0.2, 0.25) is 0 Å². The molecule has 0 heterocycles. The first kappa shape index (κ1) is 20.6. The fourth-order valence-corrected chi connectivity index (χ4v) is 5.23. The van der Waals surface area contributed by atoms with E-state index in [1.807, 2.05) is 42.5 Å². The number of carbonyl (C=O) groups is 1. The average molecular weight is 401 g/mol. The number of carbonyl (C=O) groups excluding carboxylic acids is 1. The normalized spacial score (nSPS) is 15.6. The van der Waals surface area contributed by atoms with E-state index < -0.39 is 15.9 Å². The second-order valence-electron chi connectivity index (χ2n) is 7.44. The van der Waals surface area contributed by atoms with Gasteiger partial charge in [0.25, 0.3) is 0 Å². The van der Waals surface area contributed by atoms with E-state index in [1.54, 1.807) is 12.1 Å². The van der Waals surface area contributed by atoms with Crippen LogP contribution in [0.15, 0.2) is 59.5 Å². The van der Waals surface area contributed by atoms with Crippen LogP contribution in [0.4, 0.5) is 0 Å². The van der Waals surface area contributed by atoms with Crippen LogP contribution in [0.3, 0.4) is 0 Å². The minimum atomic E-state index is -3.72. The van der Waals surface area contributed by atoms with E-state index in [2.05, 4.69) is 0 Å². The lowest BCUT2D eigenvalue weighted by Gasteiger charge is -2.24. The lowest BCUT2D eigenvalue weighted by molar-refractivity contribution is -0.118. The molecule has 1 aliphatic rings. The third kappa shape index (κ3) is 5.20. The van der Waals surface area contributed by atoms with Crippen LogP contribution in [0.5, 0.6) is 0 Å². The summed E-state index contributed by atoms with van der Waals surface area (Å²) in [6.45, 7) is 0.276. The van der Waals surface area contributed by atoms with Gasteiger partial charge >= 0.3 is 0 Å². The van der Waals surface area contributed by atoms with Gasteiger partial charge in [0.05, 0.1) is 4.90 Å². The van der Waals surface area contributed by atoms with Crippen molar-refractivity contribution in [2.75, 3.05) is 6.54 Å². The molecule has 1 saturated carbocycles. The molecule has 2 aromatic carbocycles. The van der Waals surface area contributed by atoms with Crippen molar-refractivity contribution in [2.45, 2.75) is 55.9 Å². The third-order valence-electron chi connectivity index (χ3n) is 5.40. The van der Waals surface area contributed by atoms with Crippen LogP contribution >= 0.6 is 0 Å². The van der Waals surface area contributed by atoms with E-state index in [9.17, 15) is 13.2 Å². The molecule has 150 valence electrons. The number of rotatable bonds is 8. The van der Waals surface area contributed by atoms with E-state index in [0.717, 1.165) is 5.56 Å². The Morgan fingerprint density at radius 3 is 2.21 bits per heavy atom. The fourth-order valence-electron chi connectivity index (χ4n) is 3.80. The highest BCUT2D eigenvalue weighted by atomic mass is 32.2. The van der Waals surface area contributed by atoms with Gasteiger partial charge in [-0.15, -0.1) is 0 Å². The Hall–Kier alpha value is -2.18. The smallest absolute Gasteiger partial charge is 0.243 e. The monoisotopic (exact) mass is 400 g/mol. The molecule has 6 heteroatoms. The zero-order valence-electron chi connectivity index (χ0n) is 16.1. The SMILES string of the molecule is NC(=O)CCN(Cc1ccccc1)S(=O)(=O)c1ccc(C2CCCCC2)cc1. The number of hydrogen-bond acceptors (Lipinski definition) is 3. The number of hydrogen-bond donors (Lipinski definition) is 1. The molecule has 0 bridgehead atoms. The zero-order valence-corrected chi connectivity index (χ0v) is 16.9. The van der Waals surface area contributed by atoms with Gasteiger partial charge in [0.2, 0.25) is 15.9 Å². The molecular weight excluding hydrogens is 372 g/mol. The highest BCUT2D eigenvalue weighted by Crippen LogP contribution is 2.33. The predicted molar refractivity (Wildman–Crippen MR) is 110 cm³/mol. The second-order valence-corrected chi connectivity index (χ2v) is 9.38. The Morgan fingerprint density at radius 1 is 0.964 bits per heavy atom. The Kier molecular flexibility index (Phi) is 6.86. The molecule has 3 rings (SSSR count). The largest absolute Gasteiger partial charge is 0.370 e. The molecule has 0 aromatic heterocycles. The van der Waals surface area contributed by atoms with Gasteiger partial charge in [-0.2, -0.15) is 4.31 Å². The predicted octanol–water partition coefficient (Wildman–Crippen LogP) is 3.80. The number of nitrogens with zero attached hydrogens (tertiary/aromatic N) is 1. The first-order valence-electron chi connectivity index (χ1n) is 9.89. The van der Waals surface area contributed by atoms with Crippen molar-refractivity contribution in [1.82, 2.24) is 4.31 Å². The highest BCUT2D eigenvalue weighted by molar-refractivity contribution is 7.89. The van der Waals surface area contributed by atoms with Gasteiger partial charge in [0.1, 0.15) is 0 Å². The molecule has 0 spiro atoms. The first-order chi connectivity index (χ1) is 13.5. The number of nitrogens with two attached hydrogens (primary N) is 1. The van der Waals surface area contributed by atoms with Gasteiger partial charge in [-0.3, -0.25) is 4.79 Å². The van der Waals surface area contributed by atoms with Gasteiger partial charge in [-0.1, -0.05) is 61.7 Å². The fraction of sp³-hybridized carbons (Fsp3) is 0.409. The van der Waals surface area contributed by atoms with Gasteiger partial charge in [0, 0.05) is 19.5 Å². The standard InChI is InChI=1S/C22H28N2O3S/c23-22(25)15-16-24(17-18-7-3-1-4-8-18)28(26,27)21-13-11-20(12-14-21)19-9-5-2-6-10-19/h1,3-4,7-8,11-14,19H,2,5-6,9-10,15-17H2,(H2,23,25). The first-order valence-corrected chi connectivity index (χ1v) is 11.3. The van der Waals surface area contributed by atoms with Crippen molar-refractivity contribution in [2.24, 2.45) is 5.73 Å². The maximum absolute atomic E-state index is 13.2. The summed E-state index contributed by atoms with van der Waals surface area (Å²) >= 11 is 0. The summed E-state index contributed by atoms with van der Waals surface area (Å²) in [7, 11) is -3.72. The summed E-state index contributed by atoms with van der Waals surface area (Å²) in [4.78, 5) is 11.5. The van der Waals surface area contributed by atoms with Crippen LogP contribution in [0, 0.1) is 0 Å². The maximum Gasteiger partial charge on any atom is 0.243 e. The Balaban J connectivity index is 1.81. The van der Waals surface area contributed by atoms with Crippen LogP contribution in [0.1, 0.15) is 55.6 Å². The van der Waals surface area contributed by atoms with Crippen molar-refractivity contribution in [3.05, 3.63) is 65.7 Å². The van der Waals surface area contributed by atoms with Gasteiger partial charge in [-0.05, 0) is 42.0 Å². The number of sulfonamides is 1. The Labute approximate surface area is 167 Å². The van der Waals surface area contributed by atoms with Crippen molar-refractivity contribution in [3.8, 4) is 0 Å². The van der Waals surface area contributed by atoms with Crippen LogP contribution in [-0.4, -0.2) is 25.2 Å². The minimum absolute atomic E-state index is 0.00772. The molecule has 5 nitrogen and oxygen atoms in total. The molecule has 1 fully saturated rings. The van der Waals surface area contributed by atoms with E-state index in [-0.39, 0.29) is 24.4 Å². The lowest BCUT2D eigenvalue weighted by Crippen LogP contribution is -2.33. The van der Waals surface area contributed by atoms with Gasteiger partial charge in [-0.25, -0.2) is 8.42 Å². The number of benzene rings is 2. The van der Waals surface area contributed by atoms with Gasteiger partial charge < -0.3 is 5.73 Å². The summed E-state index contributed by atoms with van der Waals surface area (Å²) in [6, 6.07) is 16.6. The zero-order chi connectivity index (χ0) is 20.0. The third-order valence-corrected chi connectivity index (χ3v) is 7.26. The number of primary amides is 1. The molecule has 2 aromatic rings. The maximum atomic E-state index is 13.2. The summed E-state index contributed by atoms with van der Waals surface area (Å²) < 4.78 is 27.8. The second kappa shape index (κ2) is 9.34.